The SMILES string of the molecule is CNCC=Cc1cn(C)c2ccccc12. The average Bonchev–Trinajstić information content (AvgIpc) is 2.58. The summed E-state index contributed by atoms with van der Waals surface area (Å²) in [5.74, 6) is 0. The highest BCUT2D eigenvalue weighted by Gasteiger charge is 2.01. The molecule has 0 saturated carbocycles. The van der Waals surface area contributed by atoms with Gasteiger partial charge in [-0.15, -0.1) is 0 Å². The maximum absolute atomic E-state index is 3.10. The summed E-state index contributed by atoms with van der Waals surface area (Å²) in [4.78, 5) is 0. The van der Waals surface area contributed by atoms with Gasteiger partial charge in [0, 0.05) is 30.7 Å². The van der Waals surface area contributed by atoms with Crippen molar-refractivity contribution in [2.24, 2.45) is 7.05 Å². The Balaban J connectivity index is 2.43. The summed E-state index contributed by atoms with van der Waals surface area (Å²) in [5.41, 5.74) is 2.56. The molecule has 0 aliphatic carbocycles. The molecule has 0 saturated heterocycles. The fourth-order valence-corrected chi connectivity index (χ4v) is 1.81. The van der Waals surface area contributed by atoms with Crippen LogP contribution in [0.4, 0.5) is 0 Å². The van der Waals surface area contributed by atoms with Gasteiger partial charge in [0.2, 0.25) is 0 Å². The molecule has 1 aromatic heterocycles. The molecule has 2 heteroatoms. The number of nitrogens with one attached hydrogen (secondary N) is 1. The van der Waals surface area contributed by atoms with E-state index in [0.717, 1.165) is 6.54 Å². The van der Waals surface area contributed by atoms with Gasteiger partial charge in [0.1, 0.15) is 0 Å². The lowest BCUT2D eigenvalue weighted by Crippen LogP contribution is -2.03. The number of aromatic nitrogens is 1. The van der Waals surface area contributed by atoms with E-state index in [9.17, 15) is 0 Å². The first-order valence-electron chi connectivity index (χ1n) is 5.18. The largest absolute Gasteiger partial charge is 0.350 e. The minimum atomic E-state index is 0.906. The van der Waals surface area contributed by atoms with E-state index in [0.29, 0.717) is 0 Å². The Bertz CT molecular complexity index is 480. The average molecular weight is 200 g/mol. The van der Waals surface area contributed by atoms with Crippen molar-refractivity contribution in [3.63, 3.8) is 0 Å². The quantitative estimate of drug-likeness (QED) is 0.805. The van der Waals surface area contributed by atoms with Crippen molar-refractivity contribution in [1.29, 1.82) is 0 Å². The number of fused-ring (bicyclic) bond motifs is 1. The second-order valence-corrected chi connectivity index (χ2v) is 3.67. The Labute approximate surface area is 90.2 Å². The van der Waals surface area contributed by atoms with E-state index in [4.69, 9.17) is 0 Å². The monoisotopic (exact) mass is 200 g/mol. The van der Waals surface area contributed by atoms with Crippen molar-refractivity contribution in [2.75, 3.05) is 13.6 Å². The predicted octanol–water partition coefficient (Wildman–Crippen LogP) is 2.41. The number of benzene rings is 1. The predicted molar refractivity (Wildman–Crippen MR) is 65.9 cm³/mol. The van der Waals surface area contributed by atoms with Gasteiger partial charge in [-0.05, 0) is 18.7 Å². The van der Waals surface area contributed by atoms with Crippen LogP contribution in [0, 0.1) is 0 Å². The molecule has 2 nitrogen and oxygen atoms in total. The third-order valence-corrected chi connectivity index (χ3v) is 2.55. The van der Waals surface area contributed by atoms with Crippen LogP contribution < -0.4 is 5.32 Å². The van der Waals surface area contributed by atoms with Crippen LogP contribution >= 0.6 is 0 Å². The first-order chi connectivity index (χ1) is 7.33. The van der Waals surface area contributed by atoms with E-state index < -0.39 is 0 Å². The molecule has 78 valence electrons. The molecule has 0 amide bonds. The van der Waals surface area contributed by atoms with Crippen LogP contribution in [0.5, 0.6) is 0 Å². The summed E-state index contributed by atoms with van der Waals surface area (Å²) >= 11 is 0. The molecule has 0 atom stereocenters. The van der Waals surface area contributed by atoms with Crippen molar-refractivity contribution in [3.8, 4) is 0 Å². The van der Waals surface area contributed by atoms with E-state index >= 15 is 0 Å². The molecule has 0 radical (unpaired) electrons. The number of aryl methyl sites for hydroxylation is 1. The number of para-hydroxylation sites is 1. The number of rotatable bonds is 3. The van der Waals surface area contributed by atoms with Crippen LogP contribution in [0.3, 0.4) is 0 Å². The van der Waals surface area contributed by atoms with Crippen molar-refractivity contribution in [2.45, 2.75) is 0 Å². The fourth-order valence-electron chi connectivity index (χ4n) is 1.81. The highest BCUT2D eigenvalue weighted by molar-refractivity contribution is 5.89. The first-order valence-corrected chi connectivity index (χ1v) is 5.18. The molecule has 2 rings (SSSR count). The lowest BCUT2D eigenvalue weighted by Gasteiger charge is -1.93. The summed E-state index contributed by atoms with van der Waals surface area (Å²) in [5, 5.41) is 4.41. The van der Waals surface area contributed by atoms with Gasteiger partial charge < -0.3 is 9.88 Å². The highest BCUT2D eigenvalue weighted by atomic mass is 14.9. The number of hydrogen-bond donors (Lipinski definition) is 1. The topological polar surface area (TPSA) is 17.0 Å². The van der Waals surface area contributed by atoms with E-state index in [1.165, 1.54) is 16.5 Å². The number of nitrogens with zero attached hydrogens (tertiary/aromatic N) is 1. The summed E-state index contributed by atoms with van der Waals surface area (Å²) in [6, 6.07) is 8.46. The molecule has 0 aliphatic heterocycles. The van der Waals surface area contributed by atoms with Crippen molar-refractivity contribution < 1.29 is 0 Å². The van der Waals surface area contributed by atoms with Crippen LogP contribution in [0.15, 0.2) is 36.5 Å². The lowest BCUT2D eigenvalue weighted by atomic mass is 10.1. The molecule has 0 spiro atoms. The van der Waals surface area contributed by atoms with Gasteiger partial charge in [-0.2, -0.15) is 0 Å². The molecule has 0 unspecified atom stereocenters. The maximum Gasteiger partial charge on any atom is 0.0483 e. The van der Waals surface area contributed by atoms with Crippen LogP contribution in [-0.2, 0) is 7.05 Å². The second-order valence-electron chi connectivity index (χ2n) is 3.67. The van der Waals surface area contributed by atoms with Gasteiger partial charge in [0.25, 0.3) is 0 Å². The molecular weight excluding hydrogens is 184 g/mol. The molecule has 1 aromatic carbocycles. The lowest BCUT2D eigenvalue weighted by molar-refractivity contribution is 0.922. The number of likely N-dealkylation sites (N-methyl/N-ethyl adjacent to an activating group) is 1. The van der Waals surface area contributed by atoms with Crippen LogP contribution in [0.25, 0.3) is 17.0 Å². The maximum atomic E-state index is 3.10. The molecule has 1 heterocycles. The summed E-state index contributed by atoms with van der Waals surface area (Å²) in [6.07, 6.45) is 6.47. The van der Waals surface area contributed by atoms with Gasteiger partial charge >= 0.3 is 0 Å². The zero-order chi connectivity index (χ0) is 10.7. The fraction of sp³-hybridized carbons (Fsp3) is 0.231. The van der Waals surface area contributed by atoms with Gasteiger partial charge in [0.15, 0.2) is 0 Å². The minimum Gasteiger partial charge on any atom is -0.350 e. The van der Waals surface area contributed by atoms with E-state index in [1.807, 2.05) is 7.05 Å². The molecule has 15 heavy (non-hydrogen) atoms. The summed E-state index contributed by atoms with van der Waals surface area (Å²) < 4.78 is 2.16. The van der Waals surface area contributed by atoms with Crippen LogP contribution in [0.2, 0.25) is 0 Å². The third-order valence-electron chi connectivity index (χ3n) is 2.55. The van der Waals surface area contributed by atoms with E-state index in [2.05, 4.69) is 59.5 Å². The molecule has 1 N–H and O–H groups in total. The van der Waals surface area contributed by atoms with Gasteiger partial charge in [-0.1, -0.05) is 30.4 Å². The minimum absolute atomic E-state index is 0.906. The van der Waals surface area contributed by atoms with Crippen molar-refractivity contribution in [3.05, 3.63) is 42.1 Å². The first kappa shape index (κ1) is 9.99. The van der Waals surface area contributed by atoms with Crippen molar-refractivity contribution in [1.82, 2.24) is 9.88 Å². The Morgan fingerprint density at radius 2 is 2.13 bits per heavy atom. The van der Waals surface area contributed by atoms with Gasteiger partial charge in [-0.3, -0.25) is 0 Å². The normalized spacial score (nSPS) is 11.6. The van der Waals surface area contributed by atoms with Crippen molar-refractivity contribution >= 4 is 17.0 Å². The van der Waals surface area contributed by atoms with E-state index in [-0.39, 0.29) is 0 Å². The van der Waals surface area contributed by atoms with Crippen LogP contribution in [-0.4, -0.2) is 18.2 Å². The molecule has 0 bridgehead atoms. The van der Waals surface area contributed by atoms with Gasteiger partial charge in [-0.25, -0.2) is 0 Å². The smallest absolute Gasteiger partial charge is 0.0483 e. The molecule has 0 fully saturated rings. The standard InChI is InChI=1S/C13H16N2/c1-14-9-5-6-11-10-15(2)13-8-4-3-7-12(11)13/h3-8,10,14H,9H2,1-2H3. The second kappa shape index (κ2) is 4.32. The Morgan fingerprint density at radius 3 is 2.93 bits per heavy atom. The molecule has 2 aromatic rings. The zero-order valence-electron chi connectivity index (χ0n) is 9.20. The Morgan fingerprint density at radius 1 is 1.33 bits per heavy atom. The Hall–Kier alpha value is -1.54. The summed E-state index contributed by atoms with van der Waals surface area (Å²) in [6.45, 7) is 0.906. The third kappa shape index (κ3) is 1.95. The summed E-state index contributed by atoms with van der Waals surface area (Å²) in [7, 11) is 4.03. The zero-order valence-corrected chi connectivity index (χ0v) is 9.20. The number of hydrogen-bond acceptors (Lipinski definition) is 1. The van der Waals surface area contributed by atoms with Crippen LogP contribution in [0.1, 0.15) is 5.56 Å². The highest BCUT2D eigenvalue weighted by Crippen LogP contribution is 2.21. The Kier molecular flexibility index (Phi) is 2.88. The van der Waals surface area contributed by atoms with Gasteiger partial charge in [0.05, 0.1) is 0 Å². The van der Waals surface area contributed by atoms with E-state index in [1.54, 1.807) is 0 Å². The molecule has 0 aliphatic rings. The molecular formula is C13H16N2.